The monoisotopic (exact) mass is 369 g/mol. The van der Waals surface area contributed by atoms with Crippen LogP contribution in [0.2, 0.25) is 0 Å². The molecule has 0 heterocycles. The van der Waals surface area contributed by atoms with Gasteiger partial charge in [0.1, 0.15) is 6.04 Å². The maximum atomic E-state index is 13.3. The largest absolute Gasteiger partial charge is 0.464 e. The Kier molecular flexibility index (Phi) is 7.97. The van der Waals surface area contributed by atoms with Crippen molar-refractivity contribution in [3.05, 3.63) is 0 Å². The molecular formula is C13H18F7NO3. The maximum absolute atomic E-state index is 13.3. The first-order valence-electron chi connectivity index (χ1n) is 7.12. The molecule has 0 aliphatic carbocycles. The van der Waals surface area contributed by atoms with E-state index in [0.717, 1.165) is 0 Å². The second kappa shape index (κ2) is 8.52. The number of carbonyl (C=O) groups is 2. The summed E-state index contributed by atoms with van der Waals surface area (Å²) < 4.78 is 92.9. The van der Waals surface area contributed by atoms with Crippen LogP contribution in [0.1, 0.15) is 39.5 Å². The van der Waals surface area contributed by atoms with E-state index < -0.39 is 35.9 Å². The third-order valence-electron chi connectivity index (χ3n) is 2.92. The van der Waals surface area contributed by atoms with Gasteiger partial charge in [0.25, 0.3) is 5.91 Å². The standard InChI is InChI=1S/C13H18F7NO3/c1-3-5-6-8(9(22)24-7-4-2)21-10(23)11(14,15)12(16,17)13(18,19)20/h8H,3-7H2,1-2H3,(H,21,23). The first kappa shape index (κ1) is 22.4. The van der Waals surface area contributed by atoms with E-state index in [9.17, 15) is 40.3 Å². The predicted octanol–water partition coefficient (Wildman–Crippen LogP) is 3.45. The normalized spacial score (nSPS) is 14.2. The number of hydrogen-bond donors (Lipinski definition) is 1. The number of esters is 1. The molecule has 1 amide bonds. The number of rotatable bonds is 9. The number of alkyl halides is 7. The molecule has 0 aromatic rings. The van der Waals surface area contributed by atoms with Crippen molar-refractivity contribution in [3.63, 3.8) is 0 Å². The minimum atomic E-state index is -6.63. The molecule has 0 saturated carbocycles. The minimum absolute atomic E-state index is 0.119. The average molecular weight is 369 g/mol. The molecule has 142 valence electrons. The lowest BCUT2D eigenvalue weighted by molar-refractivity contribution is -0.344. The van der Waals surface area contributed by atoms with Gasteiger partial charge in [0.15, 0.2) is 0 Å². The van der Waals surface area contributed by atoms with Gasteiger partial charge in [-0.2, -0.15) is 30.7 Å². The fourth-order valence-corrected chi connectivity index (χ4v) is 1.53. The Morgan fingerprint density at radius 1 is 1.00 bits per heavy atom. The van der Waals surface area contributed by atoms with Gasteiger partial charge in [-0.3, -0.25) is 4.79 Å². The molecule has 0 aromatic carbocycles. The number of nitrogens with one attached hydrogen (secondary N) is 1. The van der Waals surface area contributed by atoms with Crippen LogP contribution in [0.15, 0.2) is 0 Å². The molecule has 0 saturated heterocycles. The lowest BCUT2D eigenvalue weighted by Gasteiger charge is -2.28. The van der Waals surface area contributed by atoms with Gasteiger partial charge in [-0.25, -0.2) is 4.79 Å². The highest BCUT2D eigenvalue weighted by Gasteiger charge is 2.76. The molecule has 1 atom stereocenters. The highest BCUT2D eigenvalue weighted by molar-refractivity contribution is 5.89. The Morgan fingerprint density at radius 2 is 1.54 bits per heavy atom. The van der Waals surface area contributed by atoms with Gasteiger partial charge < -0.3 is 10.1 Å². The van der Waals surface area contributed by atoms with Crippen LogP contribution < -0.4 is 5.32 Å². The van der Waals surface area contributed by atoms with Crippen molar-refractivity contribution in [3.8, 4) is 0 Å². The molecule has 0 fully saturated rings. The third kappa shape index (κ3) is 5.23. The quantitative estimate of drug-likeness (QED) is 0.500. The Bertz CT molecular complexity index is 438. The van der Waals surface area contributed by atoms with E-state index in [4.69, 9.17) is 0 Å². The molecule has 11 heteroatoms. The third-order valence-corrected chi connectivity index (χ3v) is 2.92. The van der Waals surface area contributed by atoms with Crippen molar-refractivity contribution in [2.45, 2.75) is 63.6 Å². The number of ether oxygens (including phenoxy) is 1. The zero-order chi connectivity index (χ0) is 19.2. The van der Waals surface area contributed by atoms with Gasteiger partial charge in [0.2, 0.25) is 0 Å². The van der Waals surface area contributed by atoms with Crippen LogP contribution >= 0.6 is 0 Å². The predicted molar refractivity (Wildman–Crippen MR) is 68.7 cm³/mol. The van der Waals surface area contributed by atoms with E-state index in [1.165, 1.54) is 5.32 Å². The highest BCUT2D eigenvalue weighted by Crippen LogP contribution is 2.46. The smallest absolute Gasteiger partial charge is 0.460 e. The Labute approximate surface area is 133 Å². The number of halogens is 7. The van der Waals surface area contributed by atoms with Crippen LogP contribution in [0, 0.1) is 0 Å². The number of hydrogen-bond acceptors (Lipinski definition) is 3. The fraction of sp³-hybridized carbons (Fsp3) is 0.846. The summed E-state index contributed by atoms with van der Waals surface area (Å²) in [5.74, 6) is -16.7. The SMILES string of the molecule is CCCCC(NC(=O)C(F)(F)C(F)(F)C(F)(F)F)C(=O)OCCC. The summed E-state index contributed by atoms with van der Waals surface area (Å²) in [7, 11) is 0. The summed E-state index contributed by atoms with van der Waals surface area (Å²) in [6, 6.07) is -1.74. The molecule has 0 spiro atoms. The Morgan fingerprint density at radius 3 is 1.96 bits per heavy atom. The van der Waals surface area contributed by atoms with Crippen LogP contribution in [0.25, 0.3) is 0 Å². The van der Waals surface area contributed by atoms with Crippen LogP contribution in [0.4, 0.5) is 30.7 Å². The summed E-state index contributed by atoms with van der Waals surface area (Å²) in [5.41, 5.74) is 0. The van der Waals surface area contributed by atoms with E-state index >= 15 is 0 Å². The first-order chi connectivity index (χ1) is 10.8. The molecule has 1 unspecified atom stereocenters. The zero-order valence-electron chi connectivity index (χ0n) is 13.0. The van der Waals surface area contributed by atoms with Crippen molar-refractivity contribution in [1.29, 1.82) is 0 Å². The molecule has 0 aromatic heterocycles. The Hall–Kier alpha value is -1.55. The highest BCUT2D eigenvalue weighted by atomic mass is 19.4. The van der Waals surface area contributed by atoms with Crippen molar-refractivity contribution in [2.24, 2.45) is 0 Å². The van der Waals surface area contributed by atoms with E-state index in [1.54, 1.807) is 13.8 Å². The van der Waals surface area contributed by atoms with Gasteiger partial charge in [-0.1, -0.05) is 26.7 Å². The van der Waals surface area contributed by atoms with Crippen LogP contribution in [-0.2, 0) is 14.3 Å². The van der Waals surface area contributed by atoms with Crippen LogP contribution in [-0.4, -0.2) is 42.5 Å². The number of unbranched alkanes of at least 4 members (excludes halogenated alkanes) is 1. The molecule has 0 bridgehead atoms. The molecule has 0 rings (SSSR count). The van der Waals surface area contributed by atoms with E-state index in [-0.39, 0.29) is 19.4 Å². The molecule has 1 N–H and O–H groups in total. The second-order valence-electron chi connectivity index (χ2n) is 4.98. The summed E-state index contributed by atoms with van der Waals surface area (Å²) in [6.45, 7) is 3.15. The first-order valence-corrected chi connectivity index (χ1v) is 7.12. The van der Waals surface area contributed by atoms with Crippen molar-refractivity contribution in [2.75, 3.05) is 6.61 Å². The number of amides is 1. The van der Waals surface area contributed by atoms with Gasteiger partial charge >= 0.3 is 24.0 Å². The summed E-state index contributed by atoms with van der Waals surface area (Å²) in [4.78, 5) is 22.9. The summed E-state index contributed by atoms with van der Waals surface area (Å²) in [5, 5.41) is 1.24. The molecule has 24 heavy (non-hydrogen) atoms. The maximum Gasteiger partial charge on any atom is 0.460 e. The van der Waals surface area contributed by atoms with Crippen LogP contribution in [0.3, 0.4) is 0 Å². The van der Waals surface area contributed by atoms with Crippen molar-refractivity contribution in [1.82, 2.24) is 5.32 Å². The van der Waals surface area contributed by atoms with Gasteiger partial charge in [0, 0.05) is 0 Å². The lowest BCUT2D eigenvalue weighted by Crippen LogP contribution is -2.61. The molecule has 4 nitrogen and oxygen atoms in total. The van der Waals surface area contributed by atoms with E-state index in [2.05, 4.69) is 4.74 Å². The molecule has 0 aliphatic heterocycles. The Balaban J connectivity index is 5.25. The fourth-order valence-electron chi connectivity index (χ4n) is 1.53. The second-order valence-corrected chi connectivity index (χ2v) is 4.98. The van der Waals surface area contributed by atoms with Crippen molar-refractivity contribution >= 4 is 11.9 Å². The van der Waals surface area contributed by atoms with Gasteiger partial charge in [0.05, 0.1) is 6.61 Å². The number of carbonyl (C=O) groups excluding carboxylic acids is 2. The lowest BCUT2D eigenvalue weighted by atomic mass is 10.1. The zero-order valence-corrected chi connectivity index (χ0v) is 13.0. The van der Waals surface area contributed by atoms with Gasteiger partial charge in [-0.15, -0.1) is 0 Å². The molecule has 0 radical (unpaired) electrons. The van der Waals surface area contributed by atoms with E-state index in [1.807, 2.05) is 0 Å². The topological polar surface area (TPSA) is 55.4 Å². The van der Waals surface area contributed by atoms with Gasteiger partial charge in [-0.05, 0) is 12.8 Å². The molecule has 0 aliphatic rings. The average Bonchev–Trinajstić information content (AvgIpc) is 2.47. The summed E-state index contributed by atoms with van der Waals surface area (Å²) in [6.07, 6.45) is -5.81. The van der Waals surface area contributed by atoms with Crippen LogP contribution in [0.5, 0.6) is 0 Å². The van der Waals surface area contributed by atoms with E-state index in [0.29, 0.717) is 12.8 Å². The van der Waals surface area contributed by atoms with Crippen molar-refractivity contribution < 1.29 is 45.1 Å². The summed E-state index contributed by atoms with van der Waals surface area (Å²) >= 11 is 0. The minimum Gasteiger partial charge on any atom is -0.464 e. The molecular weight excluding hydrogens is 351 g/mol.